The van der Waals surface area contributed by atoms with Gasteiger partial charge in [-0.15, -0.1) is 0 Å². The number of aromatic nitrogens is 2. The van der Waals surface area contributed by atoms with Crippen molar-refractivity contribution in [2.45, 2.75) is 10.7 Å². The number of rotatable bonds is 4. The minimum absolute atomic E-state index is 0.00220. The number of hydrogen-bond donors (Lipinski definition) is 2. The van der Waals surface area contributed by atoms with Crippen LogP contribution in [-0.4, -0.2) is 33.4 Å². The SMILES string of the molecule is Nc1ccn([C@@H]2S[C@H](COC(=O)c3ccccc3)NC2=O)c(=O)n1. The lowest BCUT2D eigenvalue weighted by molar-refractivity contribution is -0.121. The lowest BCUT2D eigenvalue weighted by Crippen LogP contribution is -2.33. The third-order valence-corrected chi connectivity index (χ3v) is 4.58. The number of carbonyl (C=O) groups is 2. The van der Waals surface area contributed by atoms with Crippen LogP contribution in [0.5, 0.6) is 0 Å². The molecular weight excluding hydrogens is 332 g/mol. The average Bonchev–Trinajstić information content (AvgIpc) is 2.94. The lowest BCUT2D eigenvalue weighted by atomic mass is 10.2. The fourth-order valence-electron chi connectivity index (χ4n) is 2.17. The molecule has 0 spiro atoms. The molecule has 1 aliphatic heterocycles. The van der Waals surface area contributed by atoms with Gasteiger partial charge in [0.15, 0.2) is 5.37 Å². The van der Waals surface area contributed by atoms with Crippen LogP contribution in [-0.2, 0) is 9.53 Å². The van der Waals surface area contributed by atoms with E-state index in [1.165, 1.54) is 28.6 Å². The van der Waals surface area contributed by atoms with Crippen molar-refractivity contribution in [3.63, 3.8) is 0 Å². The van der Waals surface area contributed by atoms with Crippen molar-refractivity contribution in [2.24, 2.45) is 0 Å². The van der Waals surface area contributed by atoms with E-state index >= 15 is 0 Å². The fourth-order valence-corrected chi connectivity index (χ4v) is 3.29. The second-order valence-electron chi connectivity index (χ2n) is 4.99. The summed E-state index contributed by atoms with van der Waals surface area (Å²) >= 11 is 1.17. The number of amides is 1. The lowest BCUT2D eigenvalue weighted by Gasteiger charge is -2.11. The van der Waals surface area contributed by atoms with Crippen molar-refractivity contribution in [1.82, 2.24) is 14.9 Å². The van der Waals surface area contributed by atoms with Gasteiger partial charge in [0.05, 0.1) is 5.56 Å². The predicted molar refractivity (Wildman–Crippen MR) is 88.2 cm³/mol. The largest absolute Gasteiger partial charge is 0.459 e. The molecule has 124 valence electrons. The monoisotopic (exact) mass is 346 g/mol. The number of nitrogens with two attached hydrogens (primary N) is 1. The number of nitrogen functional groups attached to an aromatic ring is 1. The molecule has 1 aliphatic rings. The van der Waals surface area contributed by atoms with Crippen molar-refractivity contribution in [3.05, 3.63) is 58.6 Å². The third kappa shape index (κ3) is 3.40. The van der Waals surface area contributed by atoms with Crippen LogP contribution in [0.3, 0.4) is 0 Å². The van der Waals surface area contributed by atoms with Gasteiger partial charge >= 0.3 is 11.7 Å². The highest BCUT2D eigenvalue weighted by Gasteiger charge is 2.35. The molecule has 9 heteroatoms. The van der Waals surface area contributed by atoms with Crippen LogP contribution in [0.2, 0.25) is 0 Å². The summed E-state index contributed by atoms with van der Waals surface area (Å²) in [7, 11) is 0. The average molecular weight is 346 g/mol. The highest BCUT2D eigenvalue weighted by atomic mass is 32.2. The van der Waals surface area contributed by atoms with E-state index in [2.05, 4.69) is 10.3 Å². The van der Waals surface area contributed by atoms with Crippen molar-refractivity contribution >= 4 is 29.5 Å². The van der Waals surface area contributed by atoms with Gasteiger partial charge in [0.2, 0.25) is 0 Å². The highest BCUT2D eigenvalue weighted by Crippen LogP contribution is 2.31. The smallest absolute Gasteiger partial charge is 0.350 e. The molecule has 8 nitrogen and oxygen atoms in total. The molecule has 1 amide bonds. The van der Waals surface area contributed by atoms with Crippen molar-refractivity contribution < 1.29 is 14.3 Å². The molecule has 0 saturated carbocycles. The first kappa shape index (κ1) is 16.1. The van der Waals surface area contributed by atoms with Crippen LogP contribution in [0.4, 0.5) is 5.82 Å². The fraction of sp³-hybridized carbons (Fsp3) is 0.200. The molecule has 3 N–H and O–H groups in total. The van der Waals surface area contributed by atoms with E-state index < -0.39 is 22.4 Å². The van der Waals surface area contributed by atoms with E-state index in [9.17, 15) is 14.4 Å². The summed E-state index contributed by atoms with van der Waals surface area (Å²) in [6, 6.07) is 10.00. The molecular formula is C15H14N4O4S. The van der Waals surface area contributed by atoms with Crippen molar-refractivity contribution in [1.29, 1.82) is 0 Å². The summed E-state index contributed by atoms with van der Waals surface area (Å²) in [6.45, 7) is -0.00220. The second kappa shape index (κ2) is 6.75. The van der Waals surface area contributed by atoms with Crippen molar-refractivity contribution in [2.75, 3.05) is 12.3 Å². The van der Waals surface area contributed by atoms with Crippen LogP contribution >= 0.6 is 11.8 Å². The van der Waals surface area contributed by atoms with Gasteiger partial charge in [-0.2, -0.15) is 4.98 Å². The van der Waals surface area contributed by atoms with E-state index in [0.29, 0.717) is 5.56 Å². The Kier molecular flexibility index (Phi) is 4.52. The van der Waals surface area contributed by atoms with E-state index in [4.69, 9.17) is 10.5 Å². The van der Waals surface area contributed by atoms with Crippen LogP contribution in [0, 0.1) is 0 Å². The Morgan fingerprint density at radius 3 is 2.75 bits per heavy atom. The molecule has 0 radical (unpaired) electrons. The molecule has 0 aliphatic carbocycles. The number of hydrogen-bond acceptors (Lipinski definition) is 7. The maximum absolute atomic E-state index is 12.0. The molecule has 0 bridgehead atoms. The van der Waals surface area contributed by atoms with Gasteiger partial charge in [0.1, 0.15) is 17.8 Å². The Morgan fingerprint density at radius 1 is 1.29 bits per heavy atom. The molecule has 24 heavy (non-hydrogen) atoms. The number of ether oxygens (including phenoxy) is 1. The minimum atomic E-state index is -0.772. The van der Waals surface area contributed by atoms with Crippen molar-refractivity contribution in [3.8, 4) is 0 Å². The summed E-state index contributed by atoms with van der Waals surface area (Å²) in [4.78, 5) is 39.4. The van der Waals surface area contributed by atoms with E-state index in [-0.39, 0.29) is 18.3 Å². The van der Waals surface area contributed by atoms with E-state index in [0.717, 1.165) is 0 Å². The van der Waals surface area contributed by atoms with Gasteiger partial charge in [-0.05, 0) is 18.2 Å². The normalized spacial score (nSPS) is 19.8. The van der Waals surface area contributed by atoms with Gasteiger partial charge in [-0.3, -0.25) is 9.36 Å². The number of thioether (sulfide) groups is 1. The standard InChI is InChI=1S/C15H14N4O4S/c16-10-6-7-19(15(22)17-10)13-12(20)18-11(24-13)8-23-14(21)9-4-2-1-3-5-9/h1-7,11,13H,8H2,(H,18,20)(H2,16,17,22)/t11-,13-/m1/s1. The molecule has 3 rings (SSSR count). The van der Waals surface area contributed by atoms with Crippen LogP contribution in [0.25, 0.3) is 0 Å². The molecule has 1 saturated heterocycles. The molecule has 2 heterocycles. The highest BCUT2D eigenvalue weighted by molar-refractivity contribution is 8.01. The number of nitrogens with zero attached hydrogens (tertiary/aromatic N) is 2. The first-order valence-corrected chi connectivity index (χ1v) is 8.01. The van der Waals surface area contributed by atoms with Gasteiger partial charge in [-0.25, -0.2) is 9.59 Å². The van der Waals surface area contributed by atoms with Crippen LogP contribution in [0.15, 0.2) is 47.4 Å². The molecule has 1 aromatic carbocycles. The molecule has 2 atom stereocenters. The third-order valence-electron chi connectivity index (χ3n) is 3.30. The summed E-state index contributed by atoms with van der Waals surface area (Å²) in [5.74, 6) is -0.734. The maximum atomic E-state index is 12.0. The van der Waals surface area contributed by atoms with E-state index in [1.54, 1.807) is 30.3 Å². The van der Waals surface area contributed by atoms with Gasteiger partial charge < -0.3 is 15.8 Å². The Hall–Kier alpha value is -2.81. The zero-order valence-electron chi connectivity index (χ0n) is 12.4. The Labute approximate surface area is 141 Å². The number of carbonyl (C=O) groups excluding carboxylic acids is 2. The van der Waals surface area contributed by atoms with Gasteiger partial charge in [0.25, 0.3) is 5.91 Å². The minimum Gasteiger partial charge on any atom is -0.459 e. The number of nitrogens with one attached hydrogen (secondary N) is 1. The summed E-state index contributed by atoms with van der Waals surface area (Å²) in [6.07, 6.45) is 1.42. The zero-order chi connectivity index (χ0) is 17.1. The van der Waals surface area contributed by atoms with Gasteiger partial charge in [-0.1, -0.05) is 30.0 Å². The number of esters is 1. The number of anilines is 1. The first-order valence-electron chi connectivity index (χ1n) is 7.07. The molecule has 0 unspecified atom stereocenters. The second-order valence-corrected chi connectivity index (χ2v) is 6.28. The van der Waals surface area contributed by atoms with Crippen LogP contribution < -0.4 is 16.7 Å². The Bertz CT molecular complexity index is 824. The summed E-state index contributed by atoms with van der Waals surface area (Å²) in [5.41, 5.74) is 5.26. The molecule has 2 aromatic rings. The molecule has 1 fully saturated rings. The zero-order valence-corrected chi connectivity index (χ0v) is 13.2. The molecule has 1 aromatic heterocycles. The Balaban J connectivity index is 1.63. The van der Waals surface area contributed by atoms with Crippen LogP contribution in [0.1, 0.15) is 15.7 Å². The maximum Gasteiger partial charge on any atom is 0.350 e. The predicted octanol–water partition coefficient (Wildman–Crippen LogP) is 0.370. The first-order chi connectivity index (χ1) is 11.5. The van der Waals surface area contributed by atoms with E-state index in [1.807, 2.05) is 0 Å². The topological polar surface area (TPSA) is 116 Å². The van der Waals surface area contributed by atoms with Gasteiger partial charge in [0, 0.05) is 6.20 Å². The Morgan fingerprint density at radius 2 is 2.04 bits per heavy atom. The summed E-state index contributed by atoms with van der Waals surface area (Å²) < 4.78 is 6.39. The number of benzene rings is 1. The quantitative estimate of drug-likeness (QED) is 0.768. The summed E-state index contributed by atoms with van der Waals surface area (Å²) in [5, 5.41) is 1.46.